The molecule has 190 valence electrons. The minimum absolute atomic E-state index is 0.0163. The Balaban J connectivity index is 1.41. The number of carbonyl (C=O) groups is 2. The first kappa shape index (κ1) is 24.8. The second kappa shape index (κ2) is 10.6. The highest BCUT2D eigenvalue weighted by Gasteiger charge is 2.46. The van der Waals surface area contributed by atoms with Crippen LogP contribution in [0, 0.1) is 0 Å². The van der Waals surface area contributed by atoms with Gasteiger partial charge in [0.1, 0.15) is 5.71 Å². The van der Waals surface area contributed by atoms with E-state index in [1.165, 1.54) is 0 Å². The molecule has 2 heterocycles. The number of benzene rings is 3. The molecule has 3 aromatic carbocycles. The Bertz CT molecular complexity index is 1320. The summed E-state index contributed by atoms with van der Waals surface area (Å²) in [7, 11) is 0. The number of ether oxygens (including phenoxy) is 2. The number of halogens is 1. The molecule has 0 atom stereocenters. The number of carbonyl (C=O) groups excluding carboxylic acids is 2. The van der Waals surface area contributed by atoms with Crippen molar-refractivity contribution >= 4 is 34.9 Å². The molecule has 2 aliphatic heterocycles. The van der Waals surface area contributed by atoms with Crippen LogP contribution in [0.3, 0.4) is 0 Å². The lowest BCUT2D eigenvalue weighted by molar-refractivity contribution is -0.225. The molecule has 9 heteroatoms. The number of nitrogens with zero attached hydrogens (tertiary/aromatic N) is 1. The van der Waals surface area contributed by atoms with E-state index in [9.17, 15) is 14.8 Å². The van der Waals surface area contributed by atoms with Crippen molar-refractivity contribution in [3.63, 3.8) is 0 Å². The van der Waals surface area contributed by atoms with Crippen molar-refractivity contribution in [1.82, 2.24) is 5.32 Å². The Morgan fingerprint density at radius 3 is 2.30 bits per heavy atom. The van der Waals surface area contributed by atoms with Crippen LogP contribution in [0.4, 0.5) is 5.69 Å². The smallest absolute Gasteiger partial charge is 0.309 e. The quantitative estimate of drug-likeness (QED) is 0.199. The third-order valence-electron chi connectivity index (χ3n) is 6.52. The summed E-state index contributed by atoms with van der Waals surface area (Å²) in [5, 5.41) is 20.2. The van der Waals surface area contributed by atoms with Crippen LogP contribution in [0.2, 0.25) is 5.02 Å². The van der Waals surface area contributed by atoms with Gasteiger partial charge in [0.15, 0.2) is 0 Å². The van der Waals surface area contributed by atoms with Crippen LogP contribution >= 0.6 is 11.6 Å². The molecule has 8 nitrogen and oxygen atoms in total. The van der Waals surface area contributed by atoms with Crippen molar-refractivity contribution in [2.24, 2.45) is 5.16 Å². The number of hydrogen-bond donors (Lipinski definition) is 3. The minimum Gasteiger partial charge on any atom is -0.416 e. The number of hydrogen-bond acceptors (Lipinski definition) is 8. The van der Waals surface area contributed by atoms with E-state index in [2.05, 4.69) is 15.8 Å². The second-order valence-corrected chi connectivity index (χ2v) is 9.35. The zero-order valence-electron chi connectivity index (χ0n) is 20.0. The van der Waals surface area contributed by atoms with Gasteiger partial charge in [0, 0.05) is 23.2 Å². The molecule has 0 saturated carbocycles. The van der Waals surface area contributed by atoms with Crippen LogP contribution in [-0.4, -0.2) is 35.9 Å². The van der Waals surface area contributed by atoms with Gasteiger partial charge in [0.05, 0.1) is 30.1 Å². The zero-order chi connectivity index (χ0) is 25.8. The maximum Gasteiger partial charge on any atom is 0.309 e. The van der Waals surface area contributed by atoms with Gasteiger partial charge in [-0.15, -0.1) is 0 Å². The molecule has 0 radical (unpaired) electrons. The monoisotopic (exact) mass is 519 g/mol. The normalized spacial score (nSPS) is 17.3. The summed E-state index contributed by atoms with van der Waals surface area (Å²) in [6.45, 7) is 1.22. The van der Waals surface area contributed by atoms with E-state index >= 15 is 0 Å². The summed E-state index contributed by atoms with van der Waals surface area (Å²) < 4.78 is 11.4. The first-order valence-corrected chi connectivity index (χ1v) is 12.4. The third kappa shape index (κ3) is 5.16. The minimum atomic E-state index is -1.53. The Morgan fingerprint density at radius 2 is 1.62 bits per heavy atom. The Hall–Kier alpha value is -3.88. The molecule has 1 spiro atoms. The van der Waals surface area contributed by atoms with E-state index in [0.29, 0.717) is 41.5 Å². The number of rotatable bonds is 5. The SMILES string of the molecule is O=C1CCC(=O)OC2(CNCCc3c2ccc(Cl)c3NCc2ccc(/C(=N/O)c3ccccc3)cc2)O1. The van der Waals surface area contributed by atoms with E-state index in [4.69, 9.17) is 21.1 Å². The molecule has 0 amide bonds. The van der Waals surface area contributed by atoms with Crippen molar-refractivity contribution < 1.29 is 24.3 Å². The number of anilines is 1. The Labute approximate surface area is 219 Å². The summed E-state index contributed by atoms with van der Waals surface area (Å²) in [4.78, 5) is 24.7. The number of fused-ring (bicyclic) bond motifs is 2. The van der Waals surface area contributed by atoms with E-state index in [0.717, 1.165) is 22.3 Å². The summed E-state index contributed by atoms with van der Waals surface area (Å²) in [6, 6.07) is 20.6. The van der Waals surface area contributed by atoms with Crippen LogP contribution in [0.5, 0.6) is 0 Å². The first-order valence-electron chi connectivity index (χ1n) is 12.1. The van der Waals surface area contributed by atoms with Crippen LogP contribution < -0.4 is 10.6 Å². The molecule has 2 aliphatic rings. The molecule has 0 bridgehead atoms. The molecule has 0 aromatic heterocycles. The van der Waals surface area contributed by atoms with Gasteiger partial charge >= 0.3 is 11.9 Å². The highest BCUT2D eigenvalue weighted by atomic mass is 35.5. The maximum absolute atomic E-state index is 12.3. The van der Waals surface area contributed by atoms with Crippen LogP contribution in [0.25, 0.3) is 0 Å². The van der Waals surface area contributed by atoms with E-state index in [-0.39, 0.29) is 19.4 Å². The van der Waals surface area contributed by atoms with E-state index < -0.39 is 17.7 Å². The summed E-state index contributed by atoms with van der Waals surface area (Å²) >= 11 is 6.61. The molecule has 3 N–H and O–H groups in total. The first-order chi connectivity index (χ1) is 18.0. The van der Waals surface area contributed by atoms with Gasteiger partial charge in [-0.2, -0.15) is 0 Å². The average Bonchev–Trinajstić information content (AvgIpc) is 3.17. The lowest BCUT2D eigenvalue weighted by atomic mass is 9.96. The Morgan fingerprint density at radius 1 is 0.946 bits per heavy atom. The fourth-order valence-corrected chi connectivity index (χ4v) is 4.96. The van der Waals surface area contributed by atoms with Gasteiger partial charge in [-0.3, -0.25) is 9.59 Å². The van der Waals surface area contributed by atoms with Crippen molar-refractivity contribution in [2.75, 3.05) is 18.4 Å². The highest BCUT2D eigenvalue weighted by molar-refractivity contribution is 6.33. The van der Waals surface area contributed by atoms with Gasteiger partial charge in [-0.25, -0.2) is 0 Å². The van der Waals surface area contributed by atoms with Crippen molar-refractivity contribution in [3.8, 4) is 0 Å². The van der Waals surface area contributed by atoms with Crippen molar-refractivity contribution in [3.05, 3.63) is 99.6 Å². The van der Waals surface area contributed by atoms with Crippen LogP contribution in [0.1, 0.15) is 40.7 Å². The predicted molar refractivity (Wildman–Crippen MR) is 139 cm³/mol. The van der Waals surface area contributed by atoms with Crippen molar-refractivity contribution in [1.29, 1.82) is 0 Å². The molecule has 1 saturated heterocycles. The predicted octanol–water partition coefficient (Wildman–Crippen LogP) is 4.36. The molecule has 37 heavy (non-hydrogen) atoms. The standard InChI is InChI=1S/C28H26ClN3O5/c29-23-11-10-22-21(14-15-30-17-28(22)36-24(33)12-13-25(34)37-28)27(23)31-16-18-6-8-20(9-7-18)26(32-35)19-4-2-1-3-5-19/h1-11,30-31,35H,12-17H2/b32-26+. The van der Waals surface area contributed by atoms with E-state index in [1.807, 2.05) is 54.6 Å². The molecule has 0 aliphatic carbocycles. The topological polar surface area (TPSA) is 109 Å². The largest absolute Gasteiger partial charge is 0.416 e. The van der Waals surface area contributed by atoms with Crippen LogP contribution in [-0.2, 0) is 37.8 Å². The summed E-state index contributed by atoms with van der Waals surface area (Å²) in [5.41, 5.74) is 5.21. The fraction of sp³-hybridized carbons (Fsp3) is 0.250. The number of oxime groups is 1. The van der Waals surface area contributed by atoms with Gasteiger partial charge in [-0.1, -0.05) is 71.4 Å². The van der Waals surface area contributed by atoms with Gasteiger partial charge < -0.3 is 25.3 Å². The summed E-state index contributed by atoms with van der Waals surface area (Å²) in [5.74, 6) is -2.49. The maximum atomic E-state index is 12.3. The van der Waals surface area contributed by atoms with Gasteiger partial charge in [0.2, 0.25) is 0 Å². The van der Waals surface area contributed by atoms with Crippen LogP contribution in [0.15, 0.2) is 71.9 Å². The molecule has 3 aromatic rings. The number of esters is 2. The average molecular weight is 520 g/mol. The molecular formula is C28H26ClN3O5. The molecule has 0 unspecified atom stereocenters. The number of nitrogens with one attached hydrogen (secondary N) is 2. The second-order valence-electron chi connectivity index (χ2n) is 8.94. The zero-order valence-corrected chi connectivity index (χ0v) is 20.8. The van der Waals surface area contributed by atoms with Gasteiger partial charge in [0.25, 0.3) is 5.79 Å². The molecule has 5 rings (SSSR count). The van der Waals surface area contributed by atoms with E-state index in [1.54, 1.807) is 12.1 Å². The van der Waals surface area contributed by atoms with Crippen molar-refractivity contribution in [2.45, 2.75) is 31.6 Å². The van der Waals surface area contributed by atoms with Gasteiger partial charge in [-0.05, 0) is 36.2 Å². The molecule has 1 fully saturated rings. The summed E-state index contributed by atoms with van der Waals surface area (Å²) in [6.07, 6.45) is 0.566. The lowest BCUT2D eigenvalue weighted by Gasteiger charge is -2.32. The molecular weight excluding hydrogens is 494 g/mol. The lowest BCUT2D eigenvalue weighted by Crippen LogP contribution is -2.43. The highest BCUT2D eigenvalue weighted by Crippen LogP contribution is 2.40. The Kier molecular flexibility index (Phi) is 7.12. The third-order valence-corrected chi connectivity index (χ3v) is 6.83. The fourth-order valence-electron chi connectivity index (χ4n) is 4.71.